The zero-order valence-corrected chi connectivity index (χ0v) is 9.29. The molecule has 6 nitrogen and oxygen atoms in total. The number of anilines is 2. The van der Waals surface area contributed by atoms with Crippen LogP contribution >= 0.6 is 11.8 Å². The highest BCUT2D eigenvalue weighted by molar-refractivity contribution is 7.99. The lowest BCUT2D eigenvalue weighted by molar-refractivity contribution is 0.313. The Bertz CT molecular complexity index is 299. The minimum atomic E-state index is 0.104. The van der Waals surface area contributed by atoms with Gasteiger partial charge >= 0.3 is 12.0 Å². The van der Waals surface area contributed by atoms with Gasteiger partial charge in [0.15, 0.2) is 0 Å². The van der Waals surface area contributed by atoms with Crippen molar-refractivity contribution in [2.75, 3.05) is 48.7 Å². The highest BCUT2D eigenvalue weighted by Crippen LogP contribution is 2.09. The molecule has 0 saturated carbocycles. The van der Waals surface area contributed by atoms with Gasteiger partial charge in [-0.2, -0.15) is 11.8 Å². The van der Waals surface area contributed by atoms with Crippen LogP contribution in [-0.2, 0) is 0 Å². The fourth-order valence-corrected chi connectivity index (χ4v) is 2.43. The van der Waals surface area contributed by atoms with Crippen LogP contribution in [0, 0.1) is 0 Å². The number of nitrogens with one attached hydrogen (secondary N) is 1. The van der Waals surface area contributed by atoms with Gasteiger partial charge in [-0.1, -0.05) is 10.2 Å². The Morgan fingerprint density at radius 2 is 2.20 bits per heavy atom. The van der Waals surface area contributed by atoms with Crippen LogP contribution in [-0.4, -0.2) is 52.8 Å². The van der Waals surface area contributed by atoms with Crippen molar-refractivity contribution in [1.29, 1.82) is 0 Å². The Morgan fingerprint density at radius 3 is 2.87 bits per heavy atom. The third-order valence-electron chi connectivity index (χ3n) is 2.25. The second kappa shape index (κ2) is 5.22. The van der Waals surface area contributed by atoms with Crippen LogP contribution in [0.25, 0.3) is 0 Å². The molecule has 0 amide bonds. The summed E-state index contributed by atoms with van der Waals surface area (Å²) in [6.07, 6.45) is 0. The van der Waals surface area contributed by atoms with Gasteiger partial charge in [-0.3, -0.25) is 4.90 Å². The highest BCUT2D eigenvalue weighted by Gasteiger charge is 2.09. The van der Waals surface area contributed by atoms with Crippen LogP contribution in [0.3, 0.4) is 0 Å². The molecule has 1 aliphatic heterocycles. The van der Waals surface area contributed by atoms with E-state index in [-0.39, 0.29) is 6.01 Å². The van der Waals surface area contributed by atoms with Gasteiger partial charge in [0.2, 0.25) is 0 Å². The third-order valence-corrected chi connectivity index (χ3v) is 3.19. The normalized spacial score (nSPS) is 17.9. The maximum absolute atomic E-state index is 5.30. The second-order valence-electron chi connectivity index (χ2n) is 3.33. The van der Waals surface area contributed by atoms with Gasteiger partial charge in [-0.15, -0.1) is 0 Å². The Kier molecular flexibility index (Phi) is 3.68. The van der Waals surface area contributed by atoms with Gasteiger partial charge in [0.1, 0.15) is 0 Å². The zero-order valence-electron chi connectivity index (χ0n) is 8.48. The molecule has 2 rings (SSSR count). The number of nitrogens with two attached hydrogens (primary N) is 1. The van der Waals surface area contributed by atoms with Crippen LogP contribution < -0.4 is 11.1 Å². The van der Waals surface area contributed by atoms with Crippen molar-refractivity contribution < 1.29 is 4.42 Å². The lowest BCUT2D eigenvalue weighted by Crippen LogP contribution is -2.36. The molecule has 1 aromatic rings. The number of aromatic nitrogens is 2. The monoisotopic (exact) mass is 229 g/mol. The van der Waals surface area contributed by atoms with Gasteiger partial charge in [-0.05, 0) is 0 Å². The molecule has 0 unspecified atom stereocenters. The summed E-state index contributed by atoms with van der Waals surface area (Å²) in [6, 6.07) is 0.505. The van der Waals surface area contributed by atoms with Crippen LogP contribution in [0.1, 0.15) is 0 Å². The summed E-state index contributed by atoms with van der Waals surface area (Å²) < 4.78 is 4.99. The molecular formula is C8H15N5OS. The molecule has 0 aromatic carbocycles. The van der Waals surface area contributed by atoms with Crippen molar-refractivity contribution in [3.63, 3.8) is 0 Å². The van der Waals surface area contributed by atoms with Gasteiger partial charge < -0.3 is 15.5 Å². The first-order chi connectivity index (χ1) is 7.34. The van der Waals surface area contributed by atoms with Crippen molar-refractivity contribution in [3.05, 3.63) is 0 Å². The summed E-state index contributed by atoms with van der Waals surface area (Å²) in [6.45, 7) is 4.14. The summed E-state index contributed by atoms with van der Waals surface area (Å²) >= 11 is 2.01. The minimum absolute atomic E-state index is 0.104. The predicted molar refractivity (Wildman–Crippen MR) is 61.0 cm³/mol. The molecule has 0 spiro atoms. The topological polar surface area (TPSA) is 80.2 Å². The van der Waals surface area contributed by atoms with Gasteiger partial charge in [-0.25, -0.2) is 0 Å². The fraction of sp³-hybridized carbons (Fsp3) is 0.750. The van der Waals surface area contributed by atoms with E-state index in [0.29, 0.717) is 6.01 Å². The lowest BCUT2D eigenvalue weighted by Gasteiger charge is -2.25. The van der Waals surface area contributed by atoms with Gasteiger partial charge in [0.25, 0.3) is 0 Å². The Labute approximate surface area is 92.6 Å². The smallest absolute Gasteiger partial charge is 0.316 e. The largest absolute Gasteiger partial charge is 0.390 e. The fourth-order valence-electron chi connectivity index (χ4n) is 1.45. The van der Waals surface area contributed by atoms with Gasteiger partial charge in [0, 0.05) is 37.7 Å². The van der Waals surface area contributed by atoms with Crippen molar-refractivity contribution in [3.8, 4) is 0 Å². The van der Waals surface area contributed by atoms with Crippen LogP contribution in [0.5, 0.6) is 0 Å². The van der Waals surface area contributed by atoms with E-state index in [2.05, 4.69) is 20.4 Å². The van der Waals surface area contributed by atoms with Crippen LogP contribution in [0.2, 0.25) is 0 Å². The minimum Gasteiger partial charge on any atom is -0.390 e. The first-order valence-corrected chi connectivity index (χ1v) is 6.13. The van der Waals surface area contributed by atoms with Gasteiger partial charge in [0.05, 0.1) is 0 Å². The standard InChI is InChI=1S/C8H15N5OS/c9-7-11-12-8(14-7)10-1-2-13-3-5-15-6-4-13/h1-6H2,(H2,9,11)(H,10,12). The molecule has 0 atom stereocenters. The summed E-state index contributed by atoms with van der Waals surface area (Å²) in [7, 11) is 0. The molecule has 0 aliphatic carbocycles. The Balaban J connectivity index is 1.65. The third kappa shape index (κ3) is 3.28. The van der Waals surface area contributed by atoms with Crippen molar-refractivity contribution >= 4 is 23.8 Å². The number of thioether (sulfide) groups is 1. The maximum atomic E-state index is 5.30. The summed E-state index contributed by atoms with van der Waals surface area (Å²) in [5.41, 5.74) is 5.30. The van der Waals surface area contributed by atoms with E-state index in [1.807, 2.05) is 11.8 Å². The Morgan fingerprint density at radius 1 is 1.40 bits per heavy atom. The molecular weight excluding hydrogens is 214 g/mol. The predicted octanol–water partition coefficient (Wildman–Crippen LogP) is 0.112. The summed E-state index contributed by atoms with van der Waals surface area (Å²) in [4.78, 5) is 2.42. The molecule has 0 bridgehead atoms. The van der Waals surface area contributed by atoms with E-state index < -0.39 is 0 Å². The lowest BCUT2D eigenvalue weighted by atomic mass is 10.4. The average molecular weight is 229 g/mol. The number of hydrogen-bond donors (Lipinski definition) is 2. The second-order valence-corrected chi connectivity index (χ2v) is 4.55. The average Bonchev–Trinajstić information content (AvgIpc) is 2.66. The van der Waals surface area contributed by atoms with Crippen LogP contribution in [0.15, 0.2) is 4.42 Å². The number of nitrogen functional groups attached to an aromatic ring is 1. The zero-order chi connectivity index (χ0) is 10.5. The molecule has 0 radical (unpaired) electrons. The number of rotatable bonds is 4. The molecule has 84 valence electrons. The molecule has 3 N–H and O–H groups in total. The van der Waals surface area contributed by atoms with E-state index in [4.69, 9.17) is 10.2 Å². The van der Waals surface area contributed by atoms with E-state index >= 15 is 0 Å². The molecule has 1 saturated heterocycles. The summed E-state index contributed by atoms with van der Waals surface area (Å²) in [5.74, 6) is 2.46. The van der Waals surface area contributed by atoms with Crippen molar-refractivity contribution in [1.82, 2.24) is 15.1 Å². The van der Waals surface area contributed by atoms with Crippen LogP contribution in [0.4, 0.5) is 12.0 Å². The first kappa shape index (κ1) is 10.6. The first-order valence-electron chi connectivity index (χ1n) is 4.97. The maximum Gasteiger partial charge on any atom is 0.316 e. The summed E-state index contributed by atoms with van der Waals surface area (Å²) in [5, 5.41) is 10.3. The quantitative estimate of drug-likeness (QED) is 0.758. The molecule has 1 aromatic heterocycles. The van der Waals surface area contributed by atoms with Crippen molar-refractivity contribution in [2.45, 2.75) is 0 Å². The number of nitrogens with zero attached hydrogens (tertiary/aromatic N) is 3. The highest BCUT2D eigenvalue weighted by atomic mass is 32.2. The van der Waals surface area contributed by atoms with E-state index in [0.717, 1.165) is 26.2 Å². The molecule has 1 aliphatic rings. The Hall–Kier alpha value is -0.950. The van der Waals surface area contributed by atoms with E-state index in [9.17, 15) is 0 Å². The SMILES string of the molecule is Nc1nnc(NCCN2CCSCC2)o1. The molecule has 15 heavy (non-hydrogen) atoms. The van der Waals surface area contributed by atoms with E-state index in [1.54, 1.807) is 0 Å². The van der Waals surface area contributed by atoms with E-state index in [1.165, 1.54) is 11.5 Å². The molecule has 1 fully saturated rings. The molecule has 7 heteroatoms. The molecule has 2 heterocycles. The number of hydrogen-bond acceptors (Lipinski definition) is 7. The van der Waals surface area contributed by atoms with Crippen molar-refractivity contribution in [2.24, 2.45) is 0 Å².